The van der Waals surface area contributed by atoms with Crippen molar-refractivity contribution in [2.24, 2.45) is 7.05 Å². The second-order valence-corrected chi connectivity index (χ2v) is 15.0. The third kappa shape index (κ3) is 6.63. The molecule has 1 atom stereocenters. The molecule has 0 radical (unpaired) electrons. The Balaban J connectivity index is 1.04. The number of carbonyl (C=O) groups is 1. The first-order valence-corrected chi connectivity index (χ1v) is 18.9. The average molecular weight is 718 g/mol. The third-order valence-corrected chi connectivity index (χ3v) is 11.7. The number of nitrogens with one attached hydrogen (secondary N) is 1. The van der Waals surface area contributed by atoms with E-state index in [-0.39, 0.29) is 12.0 Å². The summed E-state index contributed by atoms with van der Waals surface area (Å²) in [6, 6.07) is 18.2. The van der Waals surface area contributed by atoms with Crippen molar-refractivity contribution in [3.8, 4) is 28.7 Å². The number of imidazole rings is 1. The first kappa shape index (κ1) is 34.6. The molecule has 2 fully saturated rings. The smallest absolute Gasteiger partial charge is 0.291 e. The van der Waals surface area contributed by atoms with Crippen LogP contribution in [0.3, 0.4) is 0 Å². The Hall–Kier alpha value is -4.53. The maximum atomic E-state index is 13.7. The van der Waals surface area contributed by atoms with Crippen LogP contribution >= 0.6 is 11.6 Å². The number of likely N-dealkylation sites (tertiary alicyclic amines) is 1. The van der Waals surface area contributed by atoms with E-state index in [1.165, 1.54) is 38.5 Å². The lowest BCUT2D eigenvalue weighted by Crippen LogP contribution is -2.39. The van der Waals surface area contributed by atoms with Crippen molar-refractivity contribution in [3.05, 3.63) is 87.5 Å². The van der Waals surface area contributed by atoms with Gasteiger partial charge >= 0.3 is 0 Å². The Labute approximate surface area is 309 Å². The number of benzene rings is 3. The Morgan fingerprint density at radius 2 is 1.81 bits per heavy atom. The minimum Gasteiger partial charge on any atom is -0.435 e. The molecule has 10 nitrogen and oxygen atoms in total. The molecule has 2 aromatic heterocycles. The molecule has 1 aliphatic carbocycles. The maximum absolute atomic E-state index is 13.7. The van der Waals surface area contributed by atoms with Gasteiger partial charge in [0.15, 0.2) is 11.4 Å². The normalized spacial score (nSPS) is 18.7. The predicted molar refractivity (Wildman–Crippen MR) is 202 cm³/mol. The summed E-state index contributed by atoms with van der Waals surface area (Å²) in [5.41, 5.74) is 8.41. The monoisotopic (exact) mass is 717 g/mol. The van der Waals surface area contributed by atoms with Crippen LogP contribution in [0.2, 0.25) is 5.02 Å². The first-order valence-electron chi connectivity index (χ1n) is 18.5. The highest BCUT2D eigenvalue weighted by molar-refractivity contribution is 6.36. The quantitative estimate of drug-likeness (QED) is 0.165. The molecule has 11 heteroatoms. The zero-order chi connectivity index (χ0) is 35.9. The van der Waals surface area contributed by atoms with Gasteiger partial charge in [0.25, 0.3) is 5.91 Å². The van der Waals surface area contributed by atoms with Gasteiger partial charge in [0, 0.05) is 69.1 Å². The number of oxazole rings is 1. The molecule has 5 aromatic rings. The van der Waals surface area contributed by atoms with Gasteiger partial charge < -0.3 is 19.4 Å². The van der Waals surface area contributed by atoms with Crippen LogP contribution < -0.4 is 5.32 Å². The molecule has 1 amide bonds. The summed E-state index contributed by atoms with van der Waals surface area (Å²) in [7, 11) is 1.93. The van der Waals surface area contributed by atoms with Gasteiger partial charge in [-0.25, -0.2) is 9.97 Å². The number of hydrogen-bond acceptors (Lipinski definition) is 8. The highest BCUT2D eigenvalue weighted by Crippen LogP contribution is 2.39. The second kappa shape index (κ2) is 14.5. The summed E-state index contributed by atoms with van der Waals surface area (Å²) >= 11 is 7.06. The van der Waals surface area contributed by atoms with Gasteiger partial charge in [-0.2, -0.15) is 5.26 Å². The van der Waals surface area contributed by atoms with Crippen LogP contribution in [0.4, 0.5) is 5.69 Å². The van der Waals surface area contributed by atoms with Crippen LogP contribution in [0.15, 0.2) is 52.9 Å². The van der Waals surface area contributed by atoms with Crippen LogP contribution in [0.25, 0.3) is 33.7 Å². The fourth-order valence-electron chi connectivity index (χ4n) is 8.45. The molecule has 2 aliphatic heterocycles. The Bertz CT molecular complexity index is 2190. The lowest BCUT2D eigenvalue weighted by molar-refractivity contribution is 0.101. The fourth-order valence-corrected chi connectivity index (χ4v) is 8.73. The topological polar surface area (TPSA) is 123 Å². The first-order chi connectivity index (χ1) is 25.3. The van der Waals surface area contributed by atoms with E-state index in [0.29, 0.717) is 58.2 Å². The largest absolute Gasteiger partial charge is 0.435 e. The van der Waals surface area contributed by atoms with Crippen LogP contribution in [0, 0.1) is 18.3 Å². The molecule has 52 heavy (non-hydrogen) atoms. The van der Waals surface area contributed by atoms with Crippen molar-refractivity contribution in [2.75, 3.05) is 25.0 Å². The molecule has 3 aliphatic rings. The summed E-state index contributed by atoms with van der Waals surface area (Å²) in [6.07, 6.45) is 9.06. The third-order valence-electron chi connectivity index (χ3n) is 11.3. The Kier molecular flexibility index (Phi) is 9.62. The summed E-state index contributed by atoms with van der Waals surface area (Å²) in [5, 5.41) is 23.4. The number of hydrogen-bond donors (Lipinski definition) is 2. The molecular formula is C41H44ClN7O3. The number of fused-ring (bicyclic) bond motifs is 2. The molecule has 4 heterocycles. The minimum absolute atomic E-state index is 0.289. The van der Waals surface area contributed by atoms with E-state index in [1.807, 2.05) is 67.1 Å². The van der Waals surface area contributed by atoms with E-state index < -0.39 is 0 Å². The van der Waals surface area contributed by atoms with E-state index >= 15 is 0 Å². The fraction of sp³-hybridized carbons (Fsp3) is 0.415. The van der Waals surface area contributed by atoms with Crippen molar-refractivity contribution < 1.29 is 14.3 Å². The molecule has 2 N–H and O–H groups in total. The van der Waals surface area contributed by atoms with Gasteiger partial charge in [-0.1, -0.05) is 61.5 Å². The molecule has 1 saturated heterocycles. The number of nitrogens with zero attached hydrogens (tertiary/aromatic N) is 6. The zero-order valence-electron chi connectivity index (χ0n) is 29.8. The van der Waals surface area contributed by atoms with E-state index in [0.717, 1.165) is 71.7 Å². The highest BCUT2D eigenvalue weighted by atomic mass is 35.5. The summed E-state index contributed by atoms with van der Waals surface area (Å²) in [6.45, 7) is 5.84. The van der Waals surface area contributed by atoms with Gasteiger partial charge in [-0.3, -0.25) is 14.6 Å². The number of carbonyl (C=O) groups excluding carboxylic acids is 1. The van der Waals surface area contributed by atoms with Gasteiger partial charge in [-0.15, -0.1) is 0 Å². The van der Waals surface area contributed by atoms with Crippen molar-refractivity contribution in [3.63, 3.8) is 0 Å². The maximum Gasteiger partial charge on any atom is 0.291 e. The van der Waals surface area contributed by atoms with Crippen molar-refractivity contribution in [2.45, 2.75) is 83.5 Å². The summed E-state index contributed by atoms with van der Waals surface area (Å²) in [5.74, 6) is 0.514. The van der Waals surface area contributed by atoms with Crippen LogP contribution in [0.5, 0.6) is 0 Å². The molecule has 0 spiro atoms. The molecule has 268 valence electrons. The second-order valence-electron chi connectivity index (χ2n) is 14.7. The minimum atomic E-state index is -0.313. The van der Waals surface area contributed by atoms with E-state index in [2.05, 4.69) is 21.2 Å². The molecule has 1 saturated carbocycles. The van der Waals surface area contributed by atoms with E-state index in [9.17, 15) is 15.2 Å². The van der Waals surface area contributed by atoms with E-state index in [4.69, 9.17) is 26.0 Å². The molecular weight excluding hydrogens is 674 g/mol. The van der Waals surface area contributed by atoms with Gasteiger partial charge in [0.2, 0.25) is 5.89 Å². The number of rotatable bonds is 7. The molecule has 0 unspecified atom stereocenters. The van der Waals surface area contributed by atoms with Gasteiger partial charge in [0.05, 0.1) is 28.1 Å². The lowest BCUT2D eigenvalue weighted by atomic mass is 9.96. The van der Waals surface area contributed by atoms with Crippen LogP contribution in [0.1, 0.15) is 83.6 Å². The number of anilines is 1. The lowest BCUT2D eigenvalue weighted by Gasteiger charge is -2.33. The molecule has 8 rings (SSSR count). The standard InChI is InChI=1S/C41H44ClN7O3/c1-25-30(11-7-12-31(25)41-46-34-20-26(19-27(21-43)38(34)52-41)22-48-17-15-29(50)23-48)32-13-8-14-33(37(32)42)45-40(51)39-44-35-24-49(18-16-36(35)47(39)2)28-9-5-3-4-6-10-28/h7-8,11-14,19-20,28-29,50H,3-6,9-10,15-18,22-24H2,1-2H3,(H,45,51)/t29-/m1/s1. The number of amides is 1. The van der Waals surface area contributed by atoms with Crippen LogP contribution in [-0.4, -0.2) is 67.1 Å². The summed E-state index contributed by atoms with van der Waals surface area (Å²) in [4.78, 5) is 28.2. The van der Waals surface area contributed by atoms with Crippen molar-refractivity contribution in [1.29, 1.82) is 5.26 Å². The number of β-amino-alcohol motifs (C(OH)–C–C–N with tert-alkyl or cyclic N) is 1. The Morgan fingerprint density at radius 1 is 1.04 bits per heavy atom. The van der Waals surface area contributed by atoms with Gasteiger partial charge in [-0.05, 0) is 67.1 Å². The number of aliphatic hydroxyl groups excluding tert-OH is 1. The average Bonchev–Trinajstić information content (AvgIpc) is 3.78. The molecule has 0 bridgehead atoms. The number of nitriles is 1. The predicted octanol–water partition coefficient (Wildman–Crippen LogP) is 7.63. The Morgan fingerprint density at radius 3 is 2.58 bits per heavy atom. The number of aliphatic hydroxyl groups is 1. The van der Waals surface area contributed by atoms with E-state index in [1.54, 1.807) is 0 Å². The summed E-state index contributed by atoms with van der Waals surface area (Å²) < 4.78 is 8.19. The molecule has 3 aromatic carbocycles. The van der Waals surface area contributed by atoms with Crippen LogP contribution in [-0.2, 0) is 26.6 Å². The highest BCUT2D eigenvalue weighted by Gasteiger charge is 2.30. The van der Waals surface area contributed by atoms with Crippen molar-refractivity contribution in [1.82, 2.24) is 24.3 Å². The zero-order valence-corrected chi connectivity index (χ0v) is 30.5. The van der Waals surface area contributed by atoms with Gasteiger partial charge in [0.1, 0.15) is 11.6 Å². The SMILES string of the molecule is Cc1c(-c2nc3cc(CN4CC[C@@H](O)C4)cc(C#N)c3o2)cccc1-c1cccc(NC(=O)c2nc3c(n2C)CCN(C2CCCCCC2)C3)c1Cl. The number of aromatic nitrogens is 3. The number of halogens is 1. The van der Waals surface area contributed by atoms with Crippen molar-refractivity contribution >= 4 is 34.3 Å².